The van der Waals surface area contributed by atoms with Crippen LogP contribution >= 0.6 is 22.9 Å². The van der Waals surface area contributed by atoms with Crippen molar-refractivity contribution in [1.29, 1.82) is 0 Å². The molecule has 0 radical (unpaired) electrons. The Morgan fingerprint density at radius 3 is 2.40 bits per heavy atom. The van der Waals surface area contributed by atoms with Gasteiger partial charge in [-0.2, -0.15) is 0 Å². The molecule has 3 aromatic rings. The van der Waals surface area contributed by atoms with Crippen LogP contribution < -0.4 is 5.32 Å². The standard InChI is InChI=1S/C22H23ClN2O3S2/c1-15(2)16-5-7-17(8-6-16)20-14-29-22(24-20)25-21(26)4-3-13-30(27,28)19-11-9-18(23)10-12-19/h5-12,14-15H,3-4,13H2,1-2H3,(H,24,25,26). The molecule has 0 atom stereocenters. The molecule has 0 saturated carbocycles. The topological polar surface area (TPSA) is 76.1 Å². The Balaban J connectivity index is 1.52. The molecule has 0 spiro atoms. The second-order valence-corrected chi connectivity index (χ2v) is 10.6. The molecule has 2 aromatic carbocycles. The molecule has 0 fully saturated rings. The molecule has 8 heteroatoms. The van der Waals surface area contributed by atoms with Crippen molar-refractivity contribution in [3.05, 3.63) is 64.5 Å². The summed E-state index contributed by atoms with van der Waals surface area (Å²) in [6.45, 7) is 4.29. The van der Waals surface area contributed by atoms with E-state index in [4.69, 9.17) is 11.6 Å². The third kappa shape index (κ3) is 5.90. The maximum atomic E-state index is 12.3. The second-order valence-electron chi connectivity index (χ2n) is 7.24. The van der Waals surface area contributed by atoms with E-state index in [2.05, 4.69) is 36.3 Å². The van der Waals surface area contributed by atoms with Crippen LogP contribution in [0, 0.1) is 0 Å². The van der Waals surface area contributed by atoms with Gasteiger partial charge in [-0.3, -0.25) is 4.79 Å². The van der Waals surface area contributed by atoms with Crippen LogP contribution in [0.2, 0.25) is 5.02 Å². The molecule has 1 aromatic heterocycles. The molecule has 158 valence electrons. The molecule has 1 N–H and O–H groups in total. The summed E-state index contributed by atoms with van der Waals surface area (Å²) in [5.41, 5.74) is 3.05. The van der Waals surface area contributed by atoms with Gasteiger partial charge in [-0.25, -0.2) is 13.4 Å². The van der Waals surface area contributed by atoms with E-state index in [1.54, 1.807) is 0 Å². The summed E-state index contributed by atoms with van der Waals surface area (Å²) < 4.78 is 24.6. The first-order valence-electron chi connectivity index (χ1n) is 9.58. The summed E-state index contributed by atoms with van der Waals surface area (Å²) in [6, 6.07) is 14.2. The summed E-state index contributed by atoms with van der Waals surface area (Å²) in [5.74, 6) is 0.109. The van der Waals surface area contributed by atoms with Gasteiger partial charge in [0.1, 0.15) is 0 Å². The lowest BCUT2D eigenvalue weighted by molar-refractivity contribution is -0.116. The van der Waals surface area contributed by atoms with E-state index in [1.807, 2.05) is 17.5 Å². The number of carbonyl (C=O) groups excluding carboxylic acids is 1. The summed E-state index contributed by atoms with van der Waals surface area (Å²) in [7, 11) is -3.44. The predicted molar refractivity (Wildman–Crippen MR) is 123 cm³/mol. The number of sulfone groups is 1. The third-order valence-corrected chi connectivity index (χ3v) is 7.44. The number of halogens is 1. The highest BCUT2D eigenvalue weighted by Gasteiger charge is 2.15. The van der Waals surface area contributed by atoms with Gasteiger partial charge in [-0.05, 0) is 42.2 Å². The van der Waals surface area contributed by atoms with E-state index in [9.17, 15) is 13.2 Å². The number of anilines is 1. The first kappa shape index (κ1) is 22.5. The fraction of sp³-hybridized carbons (Fsp3) is 0.273. The highest BCUT2D eigenvalue weighted by Crippen LogP contribution is 2.26. The van der Waals surface area contributed by atoms with E-state index < -0.39 is 9.84 Å². The van der Waals surface area contributed by atoms with Crippen LogP contribution in [-0.4, -0.2) is 25.1 Å². The fourth-order valence-electron chi connectivity index (χ4n) is 2.87. The molecule has 0 aliphatic heterocycles. The molecular formula is C22H23ClN2O3S2. The number of benzene rings is 2. The Morgan fingerprint density at radius 2 is 1.77 bits per heavy atom. The van der Waals surface area contributed by atoms with E-state index in [1.165, 1.54) is 41.2 Å². The molecular weight excluding hydrogens is 440 g/mol. The average Bonchev–Trinajstić information content (AvgIpc) is 3.16. The van der Waals surface area contributed by atoms with E-state index in [0.717, 1.165) is 11.3 Å². The van der Waals surface area contributed by atoms with Gasteiger partial charge in [0.25, 0.3) is 0 Å². The van der Waals surface area contributed by atoms with Crippen molar-refractivity contribution in [2.75, 3.05) is 11.1 Å². The average molecular weight is 463 g/mol. The lowest BCUT2D eigenvalue weighted by atomic mass is 10.0. The smallest absolute Gasteiger partial charge is 0.226 e. The summed E-state index contributed by atoms with van der Waals surface area (Å²) in [4.78, 5) is 16.9. The lowest BCUT2D eigenvalue weighted by Gasteiger charge is -2.06. The molecule has 5 nitrogen and oxygen atoms in total. The van der Waals surface area contributed by atoms with E-state index in [0.29, 0.717) is 16.1 Å². The molecule has 0 bridgehead atoms. The number of carbonyl (C=O) groups is 1. The minimum absolute atomic E-state index is 0.102. The highest BCUT2D eigenvalue weighted by atomic mass is 35.5. The maximum Gasteiger partial charge on any atom is 0.226 e. The Bertz CT molecular complexity index is 1110. The molecule has 0 aliphatic rings. The summed E-state index contributed by atoms with van der Waals surface area (Å²) in [6.07, 6.45) is 0.330. The maximum absolute atomic E-state index is 12.3. The van der Waals surface area contributed by atoms with Crippen LogP contribution in [0.1, 0.15) is 38.2 Å². The van der Waals surface area contributed by atoms with Gasteiger partial charge in [0.15, 0.2) is 15.0 Å². The minimum atomic E-state index is -3.44. The van der Waals surface area contributed by atoms with Crippen LogP contribution in [0.5, 0.6) is 0 Å². The van der Waals surface area contributed by atoms with Crippen molar-refractivity contribution in [3.8, 4) is 11.3 Å². The highest BCUT2D eigenvalue weighted by molar-refractivity contribution is 7.91. The molecule has 1 amide bonds. The quantitative estimate of drug-likeness (QED) is 0.460. The number of hydrogen-bond acceptors (Lipinski definition) is 5. The minimum Gasteiger partial charge on any atom is -0.302 e. The first-order valence-corrected chi connectivity index (χ1v) is 12.5. The molecule has 0 unspecified atom stereocenters. The first-order chi connectivity index (χ1) is 14.2. The Morgan fingerprint density at radius 1 is 1.10 bits per heavy atom. The molecule has 0 aliphatic carbocycles. The Kier molecular flexibility index (Phi) is 7.28. The molecule has 1 heterocycles. The van der Waals surface area contributed by atoms with Crippen LogP contribution in [0.4, 0.5) is 5.13 Å². The summed E-state index contributed by atoms with van der Waals surface area (Å²) >= 11 is 7.14. The van der Waals surface area contributed by atoms with E-state index in [-0.39, 0.29) is 29.4 Å². The van der Waals surface area contributed by atoms with Crippen molar-refractivity contribution in [1.82, 2.24) is 4.98 Å². The van der Waals surface area contributed by atoms with Gasteiger partial charge < -0.3 is 5.32 Å². The monoisotopic (exact) mass is 462 g/mol. The number of amides is 1. The zero-order chi connectivity index (χ0) is 21.7. The molecule has 0 saturated heterocycles. The largest absolute Gasteiger partial charge is 0.302 e. The number of hydrogen-bond donors (Lipinski definition) is 1. The van der Waals surface area contributed by atoms with Crippen molar-refractivity contribution in [2.24, 2.45) is 0 Å². The van der Waals surface area contributed by atoms with Crippen molar-refractivity contribution in [2.45, 2.75) is 37.5 Å². The van der Waals surface area contributed by atoms with Gasteiger partial charge in [0.2, 0.25) is 5.91 Å². The zero-order valence-corrected chi connectivity index (χ0v) is 19.2. The number of nitrogens with one attached hydrogen (secondary N) is 1. The number of thiazole rings is 1. The van der Waals surface area contributed by atoms with E-state index >= 15 is 0 Å². The van der Waals surface area contributed by atoms with Gasteiger partial charge >= 0.3 is 0 Å². The number of rotatable bonds is 8. The fourth-order valence-corrected chi connectivity index (χ4v) is 5.04. The van der Waals surface area contributed by atoms with Crippen LogP contribution in [0.25, 0.3) is 11.3 Å². The Labute approximate surface area is 186 Å². The van der Waals surface area contributed by atoms with Gasteiger partial charge in [0.05, 0.1) is 16.3 Å². The SMILES string of the molecule is CC(C)c1ccc(-c2csc(NC(=O)CCCS(=O)(=O)c3ccc(Cl)cc3)n2)cc1. The summed E-state index contributed by atoms with van der Waals surface area (Å²) in [5, 5.41) is 5.63. The van der Waals surface area contributed by atoms with Crippen molar-refractivity contribution in [3.63, 3.8) is 0 Å². The van der Waals surface area contributed by atoms with Gasteiger partial charge in [-0.1, -0.05) is 49.7 Å². The molecule has 30 heavy (non-hydrogen) atoms. The van der Waals surface area contributed by atoms with Crippen molar-refractivity contribution >= 4 is 43.8 Å². The van der Waals surface area contributed by atoms with Gasteiger partial charge in [-0.15, -0.1) is 11.3 Å². The third-order valence-electron chi connectivity index (χ3n) is 4.61. The second kappa shape index (κ2) is 9.73. The number of aromatic nitrogens is 1. The number of nitrogens with zero attached hydrogens (tertiary/aromatic N) is 1. The normalized spacial score (nSPS) is 11.6. The van der Waals surface area contributed by atoms with Crippen LogP contribution in [0.3, 0.4) is 0 Å². The van der Waals surface area contributed by atoms with Crippen molar-refractivity contribution < 1.29 is 13.2 Å². The van der Waals surface area contributed by atoms with Crippen LogP contribution in [0.15, 0.2) is 58.8 Å². The van der Waals surface area contributed by atoms with Gasteiger partial charge in [0, 0.05) is 22.4 Å². The van der Waals surface area contributed by atoms with Crippen LogP contribution in [-0.2, 0) is 14.6 Å². The molecule has 3 rings (SSSR count). The lowest BCUT2D eigenvalue weighted by Crippen LogP contribution is -2.14. The Hall–Kier alpha value is -2.22. The zero-order valence-electron chi connectivity index (χ0n) is 16.8. The predicted octanol–water partition coefficient (Wildman–Crippen LogP) is 5.78.